The third-order valence-corrected chi connectivity index (χ3v) is 5.94. The molecular weight excluding hydrogens is 450 g/mol. The molecule has 7 nitrogen and oxygen atoms in total. The molecule has 1 aromatic heterocycles. The monoisotopic (exact) mass is 477 g/mol. The quantitative estimate of drug-likeness (QED) is 0.193. The van der Waals surface area contributed by atoms with Gasteiger partial charge in [-0.15, -0.1) is 0 Å². The maximum absolute atomic E-state index is 12.5. The molecule has 1 aliphatic rings. The minimum Gasteiger partial charge on any atom is -0.362 e. The number of aromatic amines is 1. The number of carbonyl (C=O) groups excluding carboxylic acids is 2. The van der Waals surface area contributed by atoms with E-state index in [4.69, 9.17) is 0 Å². The van der Waals surface area contributed by atoms with E-state index in [0.29, 0.717) is 17.2 Å². The van der Waals surface area contributed by atoms with Crippen molar-refractivity contribution >= 4 is 52.0 Å². The van der Waals surface area contributed by atoms with Gasteiger partial charge in [-0.1, -0.05) is 38.1 Å². The molecule has 0 fully saturated rings. The molecule has 0 unspecified atom stereocenters. The summed E-state index contributed by atoms with van der Waals surface area (Å²) in [6, 6.07) is 24.5. The predicted molar refractivity (Wildman–Crippen MR) is 147 cm³/mol. The van der Waals surface area contributed by atoms with Gasteiger partial charge >= 0.3 is 6.03 Å². The number of amides is 3. The lowest BCUT2D eigenvalue weighted by Gasteiger charge is -2.12. The highest BCUT2D eigenvalue weighted by Crippen LogP contribution is 2.35. The number of anilines is 5. The second-order valence-corrected chi connectivity index (χ2v) is 8.96. The molecule has 0 bridgehead atoms. The highest BCUT2D eigenvalue weighted by molar-refractivity contribution is 6.35. The third kappa shape index (κ3) is 5.15. The van der Waals surface area contributed by atoms with Gasteiger partial charge < -0.3 is 26.3 Å². The molecule has 4 aromatic rings. The lowest BCUT2D eigenvalue weighted by Crippen LogP contribution is -2.19. The van der Waals surface area contributed by atoms with Crippen LogP contribution in [0.1, 0.15) is 36.6 Å². The fourth-order valence-electron chi connectivity index (χ4n) is 4.12. The largest absolute Gasteiger partial charge is 0.362 e. The first-order chi connectivity index (χ1) is 17.4. The summed E-state index contributed by atoms with van der Waals surface area (Å²) in [5.41, 5.74) is 7.29. The zero-order chi connectivity index (χ0) is 25.1. The molecule has 0 saturated carbocycles. The first-order valence-electron chi connectivity index (χ1n) is 11.8. The average Bonchev–Trinajstić information content (AvgIpc) is 3.47. The van der Waals surface area contributed by atoms with E-state index in [0.717, 1.165) is 39.6 Å². The van der Waals surface area contributed by atoms with Crippen LogP contribution in [0.5, 0.6) is 0 Å². The van der Waals surface area contributed by atoms with Crippen LogP contribution in [-0.2, 0) is 4.79 Å². The molecule has 0 radical (unpaired) electrons. The zero-order valence-electron chi connectivity index (χ0n) is 20.1. The van der Waals surface area contributed by atoms with Gasteiger partial charge in [0.15, 0.2) is 0 Å². The number of carbonyl (C=O) groups is 2. The van der Waals surface area contributed by atoms with Crippen LogP contribution in [0, 0.1) is 0 Å². The van der Waals surface area contributed by atoms with Crippen molar-refractivity contribution in [1.82, 2.24) is 4.98 Å². The lowest BCUT2D eigenvalue weighted by molar-refractivity contribution is -0.110. The molecule has 3 amide bonds. The fraction of sp³-hybridized carbons (Fsp3) is 0.103. The average molecular weight is 478 g/mol. The number of hydrogen-bond acceptors (Lipinski definition) is 3. The summed E-state index contributed by atoms with van der Waals surface area (Å²) < 4.78 is 0. The van der Waals surface area contributed by atoms with Gasteiger partial charge in [0, 0.05) is 40.2 Å². The van der Waals surface area contributed by atoms with Gasteiger partial charge in [0.1, 0.15) is 0 Å². The topological polar surface area (TPSA) is 98.0 Å². The van der Waals surface area contributed by atoms with Gasteiger partial charge in [-0.25, -0.2) is 4.79 Å². The molecule has 3 aromatic carbocycles. The molecule has 5 N–H and O–H groups in total. The van der Waals surface area contributed by atoms with Crippen LogP contribution in [0.2, 0.25) is 0 Å². The molecule has 0 aliphatic carbocycles. The first-order valence-corrected chi connectivity index (χ1v) is 11.8. The Balaban J connectivity index is 1.27. The van der Waals surface area contributed by atoms with Crippen molar-refractivity contribution < 1.29 is 9.59 Å². The number of H-pyrrole nitrogens is 1. The Hall–Kier alpha value is -4.78. The van der Waals surface area contributed by atoms with Crippen LogP contribution >= 0.6 is 0 Å². The fourth-order valence-corrected chi connectivity index (χ4v) is 4.12. The molecule has 36 heavy (non-hydrogen) atoms. The summed E-state index contributed by atoms with van der Waals surface area (Å²) >= 11 is 0. The number of urea groups is 1. The summed E-state index contributed by atoms with van der Waals surface area (Å²) in [6.45, 7) is 4.23. The lowest BCUT2D eigenvalue weighted by atomic mass is 10.0. The molecule has 5 rings (SSSR count). The van der Waals surface area contributed by atoms with Crippen molar-refractivity contribution in [3.8, 4) is 0 Å². The molecule has 2 heterocycles. The highest BCUT2D eigenvalue weighted by Gasteiger charge is 2.24. The normalized spacial score (nSPS) is 13.4. The molecule has 1 aliphatic heterocycles. The number of benzene rings is 3. The van der Waals surface area contributed by atoms with E-state index in [-0.39, 0.29) is 11.9 Å². The third-order valence-electron chi connectivity index (χ3n) is 5.94. The van der Waals surface area contributed by atoms with Crippen LogP contribution in [0.25, 0.3) is 11.6 Å². The Morgan fingerprint density at radius 1 is 0.833 bits per heavy atom. The number of fused-ring (bicyclic) bond motifs is 1. The summed E-state index contributed by atoms with van der Waals surface area (Å²) in [4.78, 5) is 28.1. The second kappa shape index (κ2) is 9.84. The molecule has 0 atom stereocenters. The zero-order valence-corrected chi connectivity index (χ0v) is 20.1. The number of aromatic nitrogens is 1. The van der Waals surface area contributed by atoms with Gasteiger partial charge in [-0.2, -0.15) is 0 Å². The molecule has 0 saturated heterocycles. The highest BCUT2D eigenvalue weighted by atomic mass is 16.2. The van der Waals surface area contributed by atoms with Crippen LogP contribution in [0.4, 0.5) is 33.2 Å². The summed E-state index contributed by atoms with van der Waals surface area (Å²) in [6.07, 6.45) is 3.66. The summed E-state index contributed by atoms with van der Waals surface area (Å²) in [7, 11) is 0. The van der Waals surface area contributed by atoms with Gasteiger partial charge in [0.2, 0.25) is 0 Å². The van der Waals surface area contributed by atoms with Crippen molar-refractivity contribution in [3.05, 3.63) is 102 Å². The Kier molecular flexibility index (Phi) is 6.28. The maximum atomic E-state index is 12.5. The summed E-state index contributed by atoms with van der Waals surface area (Å²) in [5.74, 6) is 0.250. The Bertz CT molecular complexity index is 1450. The van der Waals surface area contributed by atoms with Crippen LogP contribution < -0.4 is 21.3 Å². The minimum absolute atomic E-state index is 0.132. The van der Waals surface area contributed by atoms with E-state index in [1.807, 2.05) is 91.1 Å². The van der Waals surface area contributed by atoms with E-state index >= 15 is 0 Å². The van der Waals surface area contributed by atoms with Crippen molar-refractivity contribution in [1.29, 1.82) is 0 Å². The minimum atomic E-state index is -0.310. The Morgan fingerprint density at radius 3 is 2.31 bits per heavy atom. The van der Waals surface area contributed by atoms with Gasteiger partial charge in [0.25, 0.3) is 5.91 Å². The van der Waals surface area contributed by atoms with Crippen molar-refractivity contribution in [2.24, 2.45) is 0 Å². The SMILES string of the molecule is CC(C)c1cccc(NC(=O)Nc2cccc(Nc3ccc4c(c3)NC(=O)/C4=C\c3ccc[nH]3)c2)c1. The second-order valence-electron chi connectivity index (χ2n) is 8.96. The van der Waals surface area contributed by atoms with Crippen molar-refractivity contribution in [3.63, 3.8) is 0 Å². The van der Waals surface area contributed by atoms with Gasteiger partial charge in [0.05, 0.1) is 11.3 Å². The summed E-state index contributed by atoms with van der Waals surface area (Å²) in [5, 5.41) is 12.0. The number of rotatable bonds is 6. The molecule has 0 spiro atoms. The van der Waals surface area contributed by atoms with E-state index in [1.54, 1.807) is 0 Å². The number of hydrogen-bond donors (Lipinski definition) is 5. The van der Waals surface area contributed by atoms with E-state index < -0.39 is 0 Å². The maximum Gasteiger partial charge on any atom is 0.323 e. The number of nitrogens with one attached hydrogen (secondary N) is 5. The Labute approximate surface area is 209 Å². The predicted octanol–water partition coefficient (Wildman–Crippen LogP) is 7.02. The first kappa shape index (κ1) is 23.0. The smallest absolute Gasteiger partial charge is 0.323 e. The van der Waals surface area contributed by atoms with E-state index in [1.165, 1.54) is 0 Å². The molecule has 7 heteroatoms. The Morgan fingerprint density at radius 2 is 1.56 bits per heavy atom. The van der Waals surface area contributed by atoms with E-state index in [9.17, 15) is 9.59 Å². The van der Waals surface area contributed by atoms with Crippen molar-refractivity contribution in [2.75, 3.05) is 21.3 Å². The van der Waals surface area contributed by atoms with Crippen LogP contribution in [-0.4, -0.2) is 16.9 Å². The van der Waals surface area contributed by atoms with Gasteiger partial charge in [-0.3, -0.25) is 4.79 Å². The van der Waals surface area contributed by atoms with Crippen molar-refractivity contribution in [2.45, 2.75) is 19.8 Å². The molecular formula is C29H27N5O2. The standard InChI is InChI=1S/C29H27N5O2/c1-18(2)19-6-3-7-21(14-19)32-29(36)33-23-9-4-8-22(15-23)31-24-11-12-25-26(16-20-10-5-13-30-20)28(35)34-27(25)17-24/h3-18,30-31H,1-2H3,(H,34,35)(H2,32,33,36)/b26-16-. The van der Waals surface area contributed by atoms with Gasteiger partial charge in [-0.05, 0) is 72.2 Å². The molecule has 180 valence electrons. The van der Waals surface area contributed by atoms with Crippen LogP contribution in [0.15, 0.2) is 85.1 Å². The van der Waals surface area contributed by atoms with Crippen LogP contribution in [0.3, 0.4) is 0 Å². The van der Waals surface area contributed by atoms with E-state index in [2.05, 4.69) is 40.1 Å².